The highest BCUT2D eigenvalue weighted by Crippen LogP contribution is 2.28. The zero-order chi connectivity index (χ0) is 24.2. The fourth-order valence-corrected chi connectivity index (χ4v) is 4.00. The monoisotopic (exact) mass is 476 g/mol. The number of nitrogens with zero attached hydrogens (tertiary/aromatic N) is 1. The molecule has 2 aliphatic rings. The van der Waals surface area contributed by atoms with Crippen molar-refractivity contribution >= 4 is 17.7 Å². The molecule has 0 bridgehead atoms. The molecule has 4 N–H and O–H groups in total. The van der Waals surface area contributed by atoms with Crippen molar-refractivity contribution in [2.75, 3.05) is 52.7 Å². The number of fused-ring (bicyclic) bond motifs is 1. The Morgan fingerprint density at radius 3 is 2.41 bits per heavy atom. The number of carbonyl (C=O) groups is 3. The van der Waals surface area contributed by atoms with Crippen LogP contribution in [0.15, 0.2) is 18.2 Å². The van der Waals surface area contributed by atoms with Crippen LogP contribution in [0.3, 0.4) is 0 Å². The maximum absolute atomic E-state index is 12.7. The highest BCUT2D eigenvalue weighted by Gasteiger charge is 2.38. The first-order valence-corrected chi connectivity index (χ1v) is 12.0. The zero-order valence-electron chi connectivity index (χ0n) is 19.7. The van der Waals surface area contributed by atoms with Gasteiger partial charge in [-0.3, -0.25) is 19.7 Å². The minimum atomic E-state index is -0.584. The van der Waals surface area contributed by atoms with Gasteiger partial charge < -0.3 is 30.2 Å². The van der Waals surface area contributed by atoms with Gasteiger partial charge in [-0.2, -0.15) is 0 Å². The molecule has 1 unspecified atom stereocenters. The summed E-state index contributed by atoms with van der Waals surface area (Å²) in [5.74, 6) is -0.818. The van der Waals surface area contributed by atoms with Gasteiger partial charge in [0.05, 0.1) is 26.4 Å². The quantitative estimate of drug-likeness (QED) is 0.230. The predicted molar refractivity (Wildman–Crippen MR) is 125 cm³/mol. The first-order valence-electron chi connectivity index (χ1n) is 12.0. The number of hydrogen-bond acceptors (Lipinski definition) is 8. The predicted octanol–water partition coefficient (Wildman–Crippen LogP) is 0.326. The fraction of sp³-hybridized carbons (Fsp3) is 0.625. The Morgan fingerprint density at radius 2 is 1.71 bits per heavy atom. The second kappa shape index (κ2) is 14.1. The summed E-state index contributed by atoms with van der Waals surface area (Å²) in [6.07, 6.45) is 2.38. The molecule has 3 amide bonds. The Bertz CT molecular complexity index is 834. The SMILES string of the molecule is NCCCOCCOCCOCCCNCc1ccc2c(c1)CN(C1CCC(=O)NC1=O)C2=O. The zero-order valence-corrected chi connectivity index (χ0v) is 19.7. The number of piperidine rings is 1. The van der Waals surface area contributed by atoms with Gasteiger partial charge in [0.1, 0.15) is 6.04 Å². The summed E-state index contributed by atoms with van der Waals surface area (Å²) in [6, 6.07) is 5.19. The lowest BCUT2D eigenvalue weighted by Gasteiger charge is -2.29. The lowest BCUT2D eigenvalue weighted by atomic mass is 10.0. The molecule has 10 nitrogen and oxygen atoms in total. The first kappa shape index (κ1) is 26.2. The highest BCUT2D eigenvalue weighted by atomic mass is 16.5. The topological polar surface area (TPSA) is 132 Å². The molecule has 0 radical (unpaired) electrons. The first-order chi connectivity index (χ1) is 16.6. The van der Waals surface area contributed by atoms with Crippen LogP contribution in [0.4, 0.5) is 0 Å². The van der Waals surface area contributed by atoms with Crippen LogP contribution in [-0.2, 0) is 36.9 Å². The number of nitrogens with one attached hydrogen (secondary N) is 2. The van der Waals surface area contributed by atoms with Crippen molar-refractivity contribution in [2.45, 2.75) is 44.8 Å². The molecule has 1 atom stereocenters. The van der Waals surface area contributed by atoms with E-state index in [9.17, 15) is 14.4 Å². The van der Waals surface area contributed by atoms with Gasteiger partial charge in [0.25, 0.3) is 5.91 Å². The van der Waals surface area contributed by atoms with Crippen LogP contribution in [-0.4, -0.2) is 81.4 Å². The second-order valence-electron chi connectivity index (χ2n) is 8.40. The third-order valence-corrected chi connectivity index (χ3v) is 5.80. The van der Waals surface area contributed by atoms with Crippen molar-refractivity contribution in [3.63, 3.8) is 0 Å². The second-order valence-corrected chi connectivity index (χ2v) is 8.40. The van der Waals surface area contributed by atoms with Gasteiger partial charge in [-0.25, -0.2) is 0 Å². The number of amides is 3. The minimum Gasteiger partial charge on any atom is -0.379 e. The van der Waals surface area contributed by atoms with Crippen molar-refractivity contribution in [2.24, 2.45) is 5.73 Å². The van der Waals surface area contributed by atoms with Gasteiger partial charge in [-0.05, 0) is 49.5 Å². The number of nitrogens with two attached hydrogens (primary N) is 1. The third kappa shape index (κ3) is 7.85. The highest BCUT2D eigenvalue weighted by molar-refractivity contribution is 6.05. The van der Waals surface area contributed by atoms with Crippen molar-refractivity contribution in [3.8, 4) is 0 Å². The maximum atomic E-state index is 12.7. The van der Waals surface area contributed by atoms with Crippen LogP contribution < -0.4 is 16.4 Å². The molecule has 10 heteroatoms. The third-order valence-electron chi connectivity index (χ3n) is 5.80. The fourth-order valence-electron chi connectivity index (χ4n) is 4.00. The van der Waals surface area contributed by atoms with E-state index in [0.717, 1.165) is 30.5 Å². The van der Waals surface area contributed by atoms with E-state index in [1.807, 2.05) is 18.2 Å². The molecular weight excluding hydrogens is 440 g/mol. The number of benzene rings is 1. The maximum Gasteiger partial charge on any atom is 0.255 e. The Balaban J connectivity index is 1.26. The molecule has 1 fully saturated rings. The summed E-state index contributed by atoms with van der Waals surface area (Å²) in [5, 5.41) is 5.72. The van der Waals surface area contributed by atoms with Gasteiger partial charge in [-0.15, -0.1) is 0 Å². The van der Waals surface area contributed by atoms with Crippen LogP contribution >= 0.6 is 0 Å². The average molecular weight is 477 g/mol. The number of imide groups is 1. The molecular formula is C24H36N4O6. The van der Waals surface area contributed by atoms with E-state index in [-0.39, 0.29) is 24.1 Å². The summed E-state index contributed by atoms with van der Waals surface area (Å²) in [7, 11) is 0. The number of ether oxygens (including phenoxy) is 3. The molecule has 34 heavy (non-hydrogen) atoms. The van der Waals surface area contributed by atoms with Crippen molar-refractivity contribution < 1.29 is 28.6 Å². The normalized spacial score (nSPS) is 17.9. The van der Waals surface area contributed by atoms with E-state index in [1.165, 1.54) is 0 Å². The molecule has 1 aromatic rings. The van der Waals surface area contributed by atoms with Gasteiger partial charge in [0.2, 0.25) is 11.8 Å². The molecule has 3 rings (SSSR count). The summed E-state index contributed by atoms with van der Waals surface area (Å²) < 4.78 is 16.4. The largest absolute Gasteiger partial charge is 0.379 e. The van der Waals surface area contributed by atoms with Gasteiger partial charge in [0.15, 0.2) is 0 Å². The standard InChI is InChI=1S/C24H36N4O6/c25-7-1-9-32-11-13-34-14-12-33-10-2-8-26-16-18-3-4-20-19(15-18)17-28(24(20)31)21-5-6-22(29)27-23(21)30/h3-4,15,21,26H,1-2,5-14,16-17,25H2,(H,27,29,30). The number of carbonyl (C=O) groups excluding carboxylic acids is 3. The lowest BCUT2D eigenvalue weighted by Crippen LogP contribution is -2.52. The van der Waals surface area contributed by atoms with E-state index in [1.54, 1.807) is 4.90 Å². The van der Waals surface area contributed by atoms with Crippen LogP contribution in [0.5, 0.6) is 0 Å². The van der Waals surface area contributed by atoms with E-state index in [4.69, 9.17) is 19.9 Å². The summed E-state index contributed by atoms with van der Waals surface area (Å²) in [5.41, 5.74) is 8.02. The van der Waals surface area contributed by atoms with Gasteiger partial charge in [-0.1, -0.05) is 12.1 Å². The molecule has 0 aliphatic carbocycles. The Morgan fingerprint density at radius 1 is 1.00 bits per heavy atom. The number of hydrogen-bond donors (Lipinski definition) is 3. The van der Waals surface area contributed by atoms with Gasteiger partial charge >= 0.3 is 0 Å². The molecule has 0 aromatic heterocycles. The Labute approximate surface area is 200 Å². The van der Waals surface area contributed by atoms with E-state index < -0.39 is 6.04 Å². The van der Waals surface area contributed by atoms with Crippen molar-refractivity contribution in [1.29, 1.82) is 0 Å². The Kier molecular flexibility index (Phi) is 10.9. The average Bonchev–Trinajstić information content (AvgIpc) is 3.14. The van der Waals surface area contributed by atoms with E-state index >= 15 is 0 Å². The van der Waals surface area contributed by atoms with Gasteiger partial charge in [0, 0.05) is 38.3 Å². The summed E-state index contributed by atoms with van der Waals surface area (Å²) in [4.78, 5) is 37.9. The summed E-state index contributed by atoms with van der Waals surface area (Å²) >= 11 is 0. The Hall–Kier alpha value is -2.37. The van der Waals surface area contributed by atoms with Crippen LogP contribution in [0.1, 0.15) is 47.2 Å². The van der Waals surface area contributed by atoms with Crippen LogP contribution in [0.2, 0.25) is 0 Å². The number of rotatable bonds is 16. The molecule has 2 aliphatic heterocycles. The van der Waals surface area contributed by atoms with E-state index in [2.05, 4.69) is 10.6 Å². The van der Waals surface area contributed by atoms with Crippen LogP contribution in [0, 0.1) is 0 Å². The van der Waals surface area contributed by atoms with E-state index in [0.29, 0.717) is 71.3 Å². The van der Waals surface area contributed by atoms with Crippen molar-refractivity contribution in [1.82, 2.24) is 15.5 Å². The lowest BCUT2D eigenvalue weighted by molar-refractivity contribution is -0.136. The molecule has 1 aromatic carbocycles. The molecule has 188 valence electrons. The van der Waals surface area contributed by atoms with Crippen molar-refractivity contribution in [3.05, 3.63) is 34.9 Å². The molecule has 0 saturated carbocycles. The molecule has 1 saturated heterocycles. The molecule has 2 heterocycles. The van der Waals surface area contributed by atoms with Crippen LogP contribution in [0.25, 0.3) is 0 Å². The smallest absolute Gasteiger partial charge is 0.255 e. The minimum absolute atomic E-state index is 0.149. The molecule has 0 spiro atoms. The summed E-state index contributed by atoms with van der Waals surface area (Å²) in [6.45, 7) is 6.12.